The molecule has 2 unspecified atom stereocenters. The first-order valence-corrected chi connectivity index (χ1v) is 14.8. The van der Waals surface area contributed by atoms with Crippen LogP contribution in [0.5, 0.6) is 0 Å². The molecule has 3 aromatic heterocycles. The van der Waals surface area contributed by atoms with Crippen molar-refractivity contribution in [2.75, 3.05) is 11.9 Å². The van der Waals surface area contributed by atoms with E-state index in [0.29, 0.717) is 24.0 Å². The molecule has 0 saturated carbocycles. The van der Waals surface area contributed by atoms with E-state index in [1.165, 1.54) is 6.33 Å². The zero-order valence-electron chi connectivity index (χ0n) is 23.4. The summed E-state index contributed by atoms with van der Waals surface area (Å²) in [4.78, 5) is 13.5. The molecular formula is C31H31Cl2N5O4. The summed E-state index contributed by atoms with van der Waals surface area (Å²) in [6.45, 7) is 6.95. The highest BCUT2D eigenvalue weighted by Crippen LogP contribution is 2.44. The number of nitrogens with zero attached hydrogens (tertiary/aromatic N) is 4. The van der Waals surface area contributed by atoms with Gasteiger partial charge in [-0.25, -0.2) is 15.0 Å². The van der Waals surface area contributed by atoms with Crippen molar-refractivity contribution in [1.29, 1.82) is 0 Å². The van der Waals surface area contributed by atoms with Crippen molar-refractivity contribution in [1.82, 2.24) is 19.5 Å². The fraction of sp³-hybridized carbons (Fsp3) is 0.387. The second-order valence-electron chi connectivity index (χ2n) is 11.4. The van der Waals surface area contributed by atoms with Crippen molar-refractivity contribution < 1.29 is 18.9 Å². The maximum absolute atomic E-state index is 6.54. The lowest BCUT2D eigenvalue weighted by atomic mass is 9.90. The molecule has 218 valence electrons. The van der Waals surface area contributed by atoms with Gasteiger partial charge in [0.05, 0.1) is 23.8 Å². The lowest BCUT2D eigenvalue weighted by molar-refractivity contribution is -0.202. The normalized spacial score (nSPS) is 27.7. The van der Waals surface area contributed by atoms with Gasteiger partial charge in [0.1, 0.15) is 41.3 Å². The summed E-state index contributed by atoms with van der Waals surface area (Å²) < 4.78 is 27.6. The molecule has 0 bridgehead atoms. The van der Waals surface area contributed by atoms with Crippen molar-refractivity contribution in [3.63, 3.8) is 0 Å². The van der Waals surface area contributed by atoms with Crippen LogP contribution in [-0.2, 0) is 25.5 Å². The van der Waals surface area contributed by atoms with Crippen molar-refractivity contribution >= 4 is 46.1 Å². The minimum Gasteiger partial charge on any atom is -0.371 e. The molecule has 6 atom stereocenters. The molecule has 9 nitrogen and oxygen atoms in total. The average molecular weight is 609 g/mol. The monoisotopic (exact) mass is 607 g/mol. The maximum Gasteiger partial charge on any atom is 0.164 e. The molecule has 0 radical (unpaired) electrons. The first-order chi connectivity index (χ1) is 20.3. The number of fused-ring (bicyclic) bond motifs is 3. The van der Waals surface area contributed by atoms with E-state index in [-0.39, 0.29) is 30.3 Å². The van der Waals surface area contributed by atoms with Crippen LogP contribution in [0.3, 0.4) is 0 Å². The molecule has 2 saturated heterocycles. The van der Waals surface area contributed by atoms with Gasteiger partial charge in [-0.1, -0.05) is 54.4 Å². The summed E-state index contributed by atoms with van der Waals surface area (Å²) in [6, 6.07) is 13.8. The Balaban J connectivity index is 1.05. The lowest BCUT2D eigenvalue weighted by Gasteiger charge is -2.29. The second-order valence-corrected chi connectivity index (χ2v) is 12.1. The van der Waals surface area contributed by atoms with Crippen LogP contribution in [0, 0.1) is 0 Å². The van der Waals surface area contributed by atoms with Gasteiger partial charge >= 0.3 is 0 Å². The van der Waals surface area contributed by atoms with E-state index in [1.54, 1.807) is 0 Å². The topological polar surface area (TPSA) is 92.6 Å². The summed E-state index contributed by atoms with van der Waals surface area (Å²) >= 11 is 12.3. The molecule has 1 aromatic carbocycles. The summed E-state index contributed by atoms with van der Waals surface area (Å²) in [7, 11) is 0. The van der Waals surface area contributed by atoms with Crippen LogP contribution in [0.25, 0.3) is 17.1 Å². The number of hydrogen-bond acceptors (Lipinski definition) is 8. The Morgan fingerprint density at radius 2 is 1.83 bits per heavy atom. The van der Waals surface area contributed by atoms with E-state index in [2.05, 4.69) is 40.4 Å². The molecule has 11 heteroatoms. The van der Waals surface area contributed by atoms with E-state index in [9.17, 15) is 0 Å². The Morgan fingerprint density at radius 3 is 2.67 bits per heavy atom. The Hall–Kier alpha value is -3.05. The molecule has 2 fully saturated rings. The van der Waals surface area contributed by atoms with Crippen molar-refractivity contribution in [2.45, 2.75) is 69.7 Å². The minimum atomic E-state index is -0.749. The lowest BCUT2D eigenvalue weighted by Crippen LogP contribution is -2.35. The van der Waals surface area contributed by atoms with Crippen LogP contribution >= 0.6 is 23.2 Å². The number of anilines is 1. The van der Waals surface area contributed by atoms with Gasteiger partial charge < -0.3 is 28.8 Å². The molecule has 7 rings (SSSR count). The van der Waals surface area contributed by atoms with Gasteiger partial charge in [0.15, 0.2) is 12.0 Å². The minimum absolute atomic E-state index is 0.0414. The predicted molar refractivity (Wildman–Crippen MR) is 160 cm³/mol. The molecule has 3 aliphatic rings. The van der Waals surface area contributed by atoms with Gasteiger partial charge in [-0.05, 0) is 55.3 Å². The fourth-order valence-corrected chi connectivity index (χ4v) is 6.29. The van der Waals surface area contributed by atoms with Crippen LogP contribution in [0.15, 0.2) is 61.1 Å². The standard InChI is InChI=1S/C31H31Cl2N5O4/c1-17-22(10-6-19-7-11-24(37-25(17)19)34-14-18-4-8-20(32)9-5-18)39-15-23-26-27(42-31(2,3)41-26)30(40-23)38-13-12-21-28(33)35-16-36-29(21)38/h4-13,16-17,22-23,26-27,30H,14-15H2,1-3H3,(H,34,37)/t17?,22?,23-,26-,27-,30-/m1/s1. The number of hydrogen-bond donors (Lipinski definition) is 1. The highest BCUT2D eigenvalue weighted by Gasteiger charge is 2.56. The van der Waals surface area contributed by atoms with Crippen LogP contribution in [-0.4, -0.2) is 56.3 Å². The second kappa shape index (κ2) is 10.9. The number of pyridine rings is 1. The summed E-state index contributed by atoms with van der Waals surface area (Å²) in [5, 5.41) is 5.29. The number of halogens is 2. The quantitative estimate of drug-likeness (QED) is 0.242. The molecule has 42 heavy (non-hydrogen) atoms. The molecule has 0 amide bonds. The van der Waals surface area contributed by atoms with Gasteiger partial charge in [-0.2, -0.15) is 0 Å². The van der Waals surface area contributed by atoms with E-state index in [0.717, 1.165) is 33.0 Å². The summed E-state index contributed by atoms with van der Waals surface area (Å²) in [5.74, 6) is 0.109. The van der Waals surface area contributed by atoms with Gasteiger partial charge in [0, 0.05) is 23.7 Å². The van der Waals surface area contributed by atoms with Crippen molar-refractivity contribution in [2.24, 2.45) is 0 Å². The Labute approximate surface area is 253 Å². The highest BCUT2D eigenvalue weighted by atomic mass is 35.5. The zero-order valence-corrected chi connectivity index (χ0v) is 24.9. The average Bonchev–Trinajstić information content (AvgIpc) is 3.64. The predicted octanol–water partition coefficient (Wildman–Crippen LogP) is 6.38. The third-order valence-electron chi connectivity index (χ3n) is 8.05. The molecule has 0 spiro atoms. The van der Waals surface area contributed by atoms with Crippen molar-refractivity contribution in [3.05, 3.63) is 88.1 Å². The smallest absolute Gasteiger partial charge is 0.164 e. The number of aromatic nitrogens is 4. The van der Waals surface area contributed by atoms with Crippen LogP contribution < -0.4 is 5.32 Å². The molecule has 4 aromatic rings. The number of rotatable bonds is 7. The molecular weight excluding hydrogens is 577 g/mol. The molecule has 5 heterocycles. The largest absolute Gasteiger partial charge is 0.371 e. The summed E-state index contributed by atoms with van der Waals surface area (Å²) in [6.07, 6.45) is 5.89. The number of ether oxygens (including phenoxy) is 4. The van der Waals surface area contributed by atoms with E-state index >= 15 is 0 Å². The third kappa shape index (κ3) is 5.19. The van der Waals surface area contributed by atoms with Gasteiger partial charge in [-0.15, -0.1) is 0 Å². The molecule has 1 N–H and O–H groups in total. The maximum atomic E-state index is 6.54. The zero-order chi connectivity index (χ0) is 29.0. The number of nitrogens with one attached hydrogen (secondary N) is 1. The number of benzene rings is 1. The van der Waals surface area contributed by atoms with Gasteiger partial charge in [0.25, 0.3) is 0 Å². The first-order valence-electron chi connectivity index (χ1n) is 14.0. The summed E-state index contributed by atoms with van der Waals surface area (Å²) in [5.41, 5.74) is 3.89. The Kier molecular flexibility index (Phi) is 7.20. The fourth-order valence-electron chi connectivity index (χ4n) is 5.97. The SMILES string of the molecule is CC1c2nc(NCc3ccc(Cl)cc3)ccc2C=CC1OC[C@H]1O[C@@H](n2ccc3c(Cl)ncnc32)[C@@H]2OC(C)(C)O[C@@H]21. The highest BCUT2D eigenvalue weighted by molar-refractivity contribution is 6.33. The van der Waals surface area contributed by atoms with E-state index < -0.39 is 12.0 Å². The first kappa shape index (κ1) is 27.8. The van der Waals surface area contributed by atoms with E-state index in [4.69, 9.17) is 47.1 Å². The molecule has 1 aliphatic carbocycles. The van der Waals surface area contributed by atoms with Gasteiger partial charge in [-0.3, -0.25) is 0 Å². The molecule has 2 aliphatic heterocycles. The van der Waals surface area contributed by atoms with Gasteiger partial charge in [0.2, 0.25) is 0 Å². The Morgan fingerprint density at radius 1 is 1.02 bits per heavy atom. The third-order valence-corrected chi connectivity index (χ3v) is 8.60. The van der Waals surface area contributed by atoms with E-state index in [1.807, 2.05) is 61.0 Å². The Bertz CT molecular complexity index is 1640. The van der Waals surface area contributed by atoms with Crippen LogP contribution in [0.2, 0.25) is 10.2 Å². The van der Waals surface area contributed by atoms with Crippen LogP contribution in [0.4, 0.5) is 5.82 Å². The van der Waals surface area contributed by atoms with Crippen molar-refractivity contribution in [3.8, 4) is 0 Å². The van der Waals surface area contributed by atoms with Crippen LogP contribution in [0.1, 0.15) is 49.7 Å².